The van der Waals surface area contributed by atoms with Crippen molar-refractivity contribution < 1.29 is 9.13 Å². The molecule has 3 rings (SSSR count). The highest BCUT2D eigenvalue weighted by atomic mass is 35.5. The summed E-state index contributed by atoms with van der Waals surface area (Å²) in [6.07, 6.45) is 0. The largest absolute Gasteiger partial charge is 0.473 e. The van der Waals surface area contributed by atoms with E-state index in [1.54, 1.807) is 18.2 Å². The Morgan fingerprint density at radius 3 is 2.85 bits per heavy atom. The molecule has 1 aromatic heterocycles. The first-order chi connectivity index (χ1) is 9.72. The first-order valence-electron chi connectivity index (χ1n) is 6.47. The van der Waals surface area contributed by atoms with Gasteiger partial charge in [-0.15, -0.1) is 0 Å². The minimum absolute atomic E-state index is 0.141. The average molecular weight is 293 g/mol. The Bertz CT molecular complexity index is 617. The molecule has 0 radical (unpaired) electrons. The van der Waals surface area contributed by atoms with E-state index >= 15 is 0 Å². The summed E-state index contributed by atoms with van der Waals surface area (Å²) in [5.41, 5.74) is 1.48. The number of nitrogens with zero attached hydrogens (tertiary/aromatic N) is 1. The van der Waals surface area contributed by atoms with Crippen molar-refractivity contribution in [1.29, 1.82) is 0 Å². The number of rotatable bonds is 4. The Morgan fingerprint density at radius 2 is 2.15 bits per heavy atom. The molecule has 0 bridgehead atoms. The number of hydrogen-bond donors (Lipinski definition) is 1. The van der Waals surface area contributed by atoms with Crippen molar-refractivity contribution in [2.75, 3.05) is 13.1 Å². The van der Waals surface area contributed by atoms with E-state index in [1.165, 1.54) is 6.07 Å². The van der Waals surface area contributed by atoms with Gasteiger partial charge in [0.05, 0.1) is 5.69 Å². The van der Waals surface area contributed by atoms with Gasteiger partial charge in [0.25, 0.3) is 0 Å². The van der Waals surface area contributed by atoms with Crippen LogP contribution in [0.4, 0.5) is 4.39 Å². The van der Waals surface area contributed by atoms with Gasteiger partial charge in [-0.1, -0.05) is 23.7 Å². The number of aromatic nitrogens is 1. The van der Waals surface area contributed by atoms with Crippen LogP contribution in [0.1, 0.15) is 17.2 Å². The summed E-state index contributed by atoms with van der Waals surface area (Å²) in [6.45, 7) is 2.03. The first kappa shape index (κ1) is 13.3. The third kappa shape index (κ3) is 2.92. The fraction of sp³-hybridized carbons (Fsp3) is 0.267. The van der Waals surface area contributed by atoms with Crippen LogP contribution in [0.15, 0.2) is 36.4 Å². The highest BCUT2D eigenvalue weighted by molar-refractivity contribution is 6.30. The molecule has 104 valence electrons. The summed E-state index contributed by atoms with van der Waals surface area (Å²) in [6, 6.07) is 10.2. The second-order valence-corrected chi connectivity index (χ2v) is 5.22. The summed E-state index contributed by atoms with van der Waals surface area (Å²) in [4.78, 5) is 4.45. The van der Waals surface area contributed by atoms with Gasteiger partial charge in [-0.2, -0.15) is 0 Å². The highest BCUT2D eigenvalue weighted by Gasteiger charge is 2.20. The van der Waals surface area contributed by atoms with Gasteiger partial charge in [0.2, 0.25) is 5.88 Å². The van der Waals surface area contributed by atoms with Crippen LogP contribution < -0.4 is 10.1 Å². The number of nitrogens with one attached hydrogen (secondary N) is 1. The SMILES string of the molecule is Fc1cc(Cl)ccc1COc1cccc(C2CNC2)n1. The van der Waals surface area contributed by atoms with Gasteiger partial charge < -0.3 is 10.1 Å². The molecule has 1 saturated heterocycles. The summed E-state index contributed by atoms with van der Waals surface area (Å²) in [5.74, 6) is 0.603. The maximum Gasteiger partial charge on any atom is 0.213 e. The molecule has 1 fully saturated rings. The second-order valence-electron chi connectivity index (χ2n) is 4.78. The topological polar surface area (TPSA) is 34.1 Å². The smallest absolute Gasteiger partial charge is 0.213 e. The number of pyridine rings is 1. The predicted octanol–water partition coefficient (Wildman–Crippen LogP) is 3.14. The van der Waals surface area contributed by atoms with E-state index in [0.717, 1.165) is 18.8 Å². The third-order valence-electron chi connectivity index (χ3n) is 3.34. The lowest BCUT2D eigenvalue weighted by atomic mass is 9.99. The van der Waals surface area contributed by atoms with E-state index in [1.807, 2.05) is 12.1 Å². The van der Waals surface area contributed by atoms with E-state index in [-0.39, 0.29) is 12.4 Å². The molecule has 20 heavy (non-hydrogen) atoms. The molecule has 0 spiro atoms. The lowest BCUT2D eigenvalue weighted by Gasteiger charge is -2.26. The van der Waals surface area contributed by atoms with E-state index in [9.17, 15) is 4.39 Å². The molecular formula is C15H14ClFN2O. The quantitative estimate of drug-likeness (QED) is 0.940. The highest BCUT2D eigenvalue weighted by Crippen LogP contribution is 2.21. The molecule has 0 amide bonds. The Balaban J connectivity index is 1.68. The zero-order chi connectivity index (χ0) is 13.9. The molecule has 1 N–H and O–H groups in total. The van der Waals surface area contributed by atoms with Gasteiger partial charge in [-0.3, -0.25) is 0 Å². The van der Waals surface area contributed by atoms with Crippen LogP contribution in [0.3, 0.4) is 0 Å². The fourth-order valence-corrected chi connectivity index (χ4v) is 2.19. The molecule has 5 heteroatoms. The van der Waals surface area contributed by atoms with Crippen LogP contribution in [-0.2, 0) is 6.61 Å². The lowest BCUT2D eigenvalue weighted by Crippen LogP contribution is -2.40. The number of benzene rings is 1. The summed E-state index contributed by atoms with van der Waals surface area (Å²) >= 11 is 5.71. The molecule has 0 atom stereocenters. The molecule has 1 aromatic carbocycles. The van der Waals surface area contributed by atoms with E-state index in [0.29, 0.717) is 22.4 Å². The van der Waals surface area contributed by atoms with Gasteiger partial charge in [0.15, 0.2) is 0 Å². The van der Waals surface area contributed by atoms with Gasteiger partial charge >= 0.3 is 0 Å². The standard InChI is InChI=1S/C15H14ClFN2O/c16-12-5-4-10(13(17)6-12)9-20-15-3-1-2-14(19-15)11-7-18-8-11/h1-6,11,18H,7-9H2. The molecule has 0 aliphatic carbocycles. The van der Waals surface area contributed by atoms with Gasteiger partial charge in [-0.25, -0.2) is 9.37 Å². The molecule has 1 aliphatic heterocycles. The third-order valence-corrected chi connectivity index (χ3v) is 3.57. The van der Waals surface area contributed by atoms with Crippen molar-refractivity contribution in [2.45, 2.75) is 12.5 Å². The van der Waals surface area contributed by atoms with Gasteiger partial charge in [0.1, 0.15) is 12.4 Å². The van der Waals surface area contributed by atoms with Crippen LogP contribution in [0, 0.1) is 5.82 Å². The van der Waals surface area contributed by atoms with Gasteiger partial charge in [0, 0.05) is 35.7 Å². The molecule has 2 heterocycles. The summed E-state index contributed by atoms with van der Waals surface area (Å²) < 4.78 is 19.2. The molecule has 3 nitrogen and oxygen atoms in total. The van der Waals surface area contributed by atoms with Crippen molar-refractivity contribution in [3.63, 3.8) is 0 Å². The fourth-order valence-electron chi connectivity index (χ4n) is 2.03. The normalized spacial score (nSPS) is 14.9. The zero-order valence-corrected chi connectivity index (χ0v) is 11.5. The molecule has 1 aliphatic rings. The van der Waals surface area contributed by atoms with Crippen molar-refractivity contribution in [1.82, 2.24) is 10.3 Å². The minimum Gasteiger partial charge on any atom is -0.473 e. The Morgan fingerprint density at radius 1 is 1.30 bits per heavy atom. The number of halogens is 2. The van der Waals surface area contributed by atoms with E-state index in [2.05, 4.69) is 10.3 Å². The summed E-state index contributed by atoms with van der Waals surface area (Å²) in [7, 11) is 0. The Hall–Kier alpha value is -1.65. The zero-order valence-electron chi connectivity index (χ0n) is 10.8. The van der Waals surface area contributed by atoms with Crippen molar-refractivity contribution in [2.24, 2.45) is 0 Å². The predicted molar refractivity (Wildman–Crippen MR) is 75.6 cm³/mol. The Kier molecular flexibility index (Phi) is 3.85. The minimum atomic E-state index is -0.364. The molecular weight excluding hydrogens is 279 g/mol. The van der Waals surface area contributed by atoms with Crippen LogP contribution in [0.5, 0.6) is 5.88 Å². The van der Waals surface area contributed by atoms with Crippen LogP contribution in [-0.4, -0.2) is 18.1 Å². The number of hydrogen-bond acceptors (Lipinski definition) is 3. The lowest BCUT2D eigenvalue weighted by molar-refractivity contribution is 0.285. The second kappa shape index (κ2) is 5.77. The van der Waals surface area contributed by atoms with Crippen molar-refractivity contribution >= 4 is 11.6 Å². The Labute approximate surface area is 121 Å². The first-order valence-corrected chi connectivity index (χ1v) is 6.84. The maximum atomic E-state index is 13.6. The maximum absolute atomic E-state index is 13.6. The van der Waals surface area contributed by atoms with Gasteiger partial charge in [-0.05, 0) is 18.2 Å². The van der Waals surface area contributed by atoms with Crippen molar-refractivity contribution in [3.8, 4) is 5.88 Å². The molecule has 2 aromatic rings. The van der Waals surface area contributed by atoms with Crippen molar-refractivity contribution in [3.05, 3.63) is 58.5 Å². The summed E-state index contributed by atoms with van der Waals surface area (Å²) in [5, 5.41) is 3.59. The van der Waals surface area contributed by atoms with Crippen LogP contribution in [0.25, 0.3) is 0 Å². The number of ether oxygens (including phenoxy) is 1. The average Bonchev–Trinajstić information content (AvgIpc) is 2.36. The molecule has 0 saturated carbocycles. The van der Waals surface area contributed by atoms with Crippen LogP contribution in [0.2, 0.25) is 5.02 Å². The monoisotopic (exact) mass is 292 g/mol. The van der Waals surface area contributed by atoms with E-state index < -0.39 is 0 Å². The van der Waals surface area contributed by atoms with E-state index in [4.69, 9.17) is 16.3 Å². The van der Waals surface area contributed by atoms with Crippen LogP contribution >= 0.6 is 11.6 Å². The molecule has 0 unspecified atom stereocenters.